The molecule has 0 amide bonds. The van der Waals surface area contributed by atoms with Gasteiger partial charge in [-0.25, -0.2) is 19.2 Å². The Kier molecular flexibility index (Phi) is 11.3. The number of carboxylic acids is 4. The number of hydrogen-bond donors (Lipinski definition) is 4. The molecule has 11 heteroatoms. The van der Waals surface area contributed by atoms with Gasteiger partial charge in [-0.1, -0.05) is 86.2 Å². The van der Waals surface area contributed by atoms with Crippen molar-refractivity contribution in [2.45, 2.75) is 41.5 Å². The van der Waals surface area contributed by atoms with E-state index in [1.54, 1.807) is 12.1 Å². The van der Waals surface area contributed by atoms with Crippen LogP contribution in [-0.2, 0) is 0 Å². The van der Waals surface area contributed by atoms with Crippen LogP contribution in [0.15, 0.2) is 91.0 Å². The number of benzene rings is 6. The third-order valence-corrected chi connectivity index (χ3v) is 10.8. The lowest BCUT2D eigenvalue weighted by Crippen LogP contribution is -2.57. The van der Waals surface area contributed by atoms with Crippen LogP contribution in [0, 0.1) is 41.5 Å². The van der Waals surface area contributed by atoms with E-state index in [0.717, 1.165) is 67.0 Å². The number of hydrogen-bond acceptors (Lipinski definition) is 6. The minimum Gasteiger partial charge on any atom is -0.478 e. The zero-order chi connectivity index (χ0) is 43.0. The van der Waals surface area contributed by atoms with Crippen LogP contribution < -0.4 is 16.4 Å². The van der Waals surface area contributed by atoms with Crippen molar-refractivity contribution in [2.75, 3.05) is 0 Å². The highest BCUT2D eigenvalue weighted by Crippen LogP contribution is 2.29. The molecule has 6 rings (SSSR count). The molecular weight excluding hydrogens is 747 g/mol. The summed E-state index contributed by atoms with van der Waals surface area (Å²) in [4.78, 5) is 71.5. The molecular formula is C48H39BO10. The summed E-state index contributed by atoms with van der Waals surface area (Å²) in [6.07, 6.45) is 1.23. The molecule has 6 aromatic rings. The maximum absolute atomic E-state index is 12.0. The number of carboxylic acid groups (broad SMARTS) is 4. The Labute approximate surface area is 340 Å². The highest BCUT2D eigenvalue weighted by atomic mass is 16.4. The van der Waals surface area contributed by atoms with Crippen molar-refractivity contribution < 1.29 is 49.2 Å². The van der Waals surface area contributed by atoms with E-state index in [2.05, 4.69) is 0 Å². The highest BCUT2D eigenvalue weighted by Gasteiger charge is 2.32. The summed E-state index contributed by atoms with van der Waals surface area (Å²) in [6, 6.07) is 24.7. The van der Waals surface area contributed by atoms with Crippen LogP contribution in [0.4, 0.5) is 0 Å². The summed E-state index contributed by atoms with van der Waals surface area (Å²) in [5.41, 5.74) is 11.9. The summed E-state index contributed by atoms with van der Waals surface area (Å²) in [5.74, 6) is -4.82. The third-order valence-electron chi connectivity index (χ3n) is 10.8. The molecule has 59 heavy (non-hydrogen) atoms. The first-order chi connectivity index (χ1) is 27.9. The fourth-order valence-corrected chi connectivity index (χ4v) is 8.28. The molecule has 0 atom stereocenters. The van der Waals surface area contributed by atoms with Crippen LogP contribution in [0.1, 0.15) is 95.5 Å². The summed E-state index contributed by atoms with van der Waals surface area (Å²) < 4.78 is 0. The second-order valence-corrected chi connectivity index (χ2v) is 14.9. The molecule has 0 aliphatic heterocycles. The van der Waals surface area contributed by atoms with Gasteiger partial charge in [-0.3, -0.25) is 9.59 Å². The van der Waals surface area contributed by atoms with Crippen LogP contribution in [-0.4, -0.2) is 63.6 Å². The summed E-state index contributed by atoms with van der Waals surface area (Å²) in [5, 5.41) is 39.1. The number of aromatic carboxylic acids is 4. The Morgan fingerprint density at radius 3 is 0.814 bits per heavy atom. The summed E-state index contributed by atoms with van der Waals surface area (Å²) in [7, 11) is 0. The molecule has 0 saturated carbocycles. The lowest BCUT2D eigenvalue weighted by Gasteiger charge is -2.28. The molecule has 10 nitrogen and oxygen atoms in total. The molecule has 0 fully saturated rings. The lowest BCUT2D eigenvalue weighted by molar-refractivity contribution is 0.0680. The van der Waals surface area contributed by atoms with E-state index in [1.165, 1.54) is 36.4 Å². The zero-order valence-corrected chi connectivity index (χ0v) is 33.1. The Morgan fingerprint density at radius 1 is 0.356 bits per heavy atom. The van der Waals surface area contributed by atoms with Crippen molar-refractivity contribution >= 4 is 59.6 Å². The molecule has 0 unspecified atom stereocenters. The number of aldehydes is 2. The van der Waals surface area contributed by atoms with E-state index in [9.17, 15) is 49.2 Å². The number of aryl methyl sites for hydroxylation is 6. The molecule has 0 radical (unpaired) electrons. The van der Waals surface area contributed by atoms with Crippen LogP contribution in [0.5, 0.6) is 0 Å². The van der Waals surface area contributed by atoms with Gasteiger partial charge < -0.3 is 20.4 Å². The highest BCUT2D eigenvalue weighted by molar-refractivity contribution is 6.97. The maximum atomic E-state index is 12.0. The van der Waals surface area contributed by atoms with Crippen molar-refractivity contribution in [3.05, 3.63) is 158 Å². The average Bonchev–Trinajstić information content (AvgIpc) is 3.18. The van der Waals surface area contributed by atoms with Crippen molar-refractivity contribution in [2.24, 2.45) is 0 Å². The predicted molar refractivity (Wildman–Crippen MR) is 227 cm³/mol. The maximum Gasteiger partial charge on any atom is 0.335 e. The van der Waals surface area contributed by atoms with Gasteiger partial charge in [0.25, 0.3) is 0 Å². The largest absolute Gasteiger partial charge is 0.478 e. The molecule has 0 aromatic heterocycles. The minimum atomic E-state index is -1.25. The SMILES string of the molecule is Cc1cc(-c2cc(C=O)cc(C(=O)O)c2)cc(C)c1B(c1c(C)cc(-c2cc(C=O)cc(C(=O)O)c2)cc1C)c1c(C)cc(-c2cc(C(=O)O)cc(C(=O)O)c2)cc1C. The predicted octanol–water partition coefficient (Wildman–Crippen LogP) is 7.47. The monoisotopic (exact) mass is 786 g/mol. The quantitative estimate of drug-likeness (QED) is 0.0717. The first-order valence-corrected chi connectivity index (χ1v) is 18.5. The molecule has 0 aliphatic rings. The second kappa shape index (κ2) is 16.2. The van der Waals surface area contributed by atoms with Gasteiger partial charge in [-0.05, 0) is 130 Å². The smallest absolute Gasteiger partial charge is 0.335 e. The van der Waals surface area contributed by atoms with Gasteiger partial charge in [0, 0.05) is 11.1 Å². The molecule has 6 aromatic carbocycles. The fourth-order valence-electron chi connectivity index (χ4n) is 8.28. The Hall–Kier alpha value is -7.40. The molecule has 4 N–H and O–H groups in total. The van der Waals surface area contributed by atoms with E-state index >= 15 is 0 Å². The van der Waals surface area contributed by atoms with Crippen LogP contribution in [0.25, 0.3) is 33.4 Å². The number of rotatable bonds is 12. The molecule has 0 bridgehead atoms. The molecule has 0 saturated heterocycles. The van der Waals surface area contributed by atoms with Gasteiger partial charge in [0.2, 0.25) is 6.71 Å². The van der Waals surface area contributed by atoms with E-state index in [0.29, 0.717) is 34.8 Å². The summed E-state index contributed by atoms with van der Waals surface area (Å²) in [6.45, 7) is 11.4. The molecule has 0 aliphatic carbocycles. The van der Waals surface area contributed by atoms with Gasteiger partial charge in [-0.2, -0.15) is 0 Å². The standard InChI is InChI=1S/C48H39BO10/c1-24-7-32(35-13-30(22-50)15-38(17-35)45(52)53)8-25(2)42(24)49(43-26(3)9-33(10-27(43)4)36-14-31(23-51)16-39(18-36)46(54)55)44-28(5)11-34(12-29(44)6)37-19-40(47(56)57)21-41(20-37)48(58)59/h7-23H,1-6H3,(H,52,53)(H,54,55)(H,56,57)(H,58,59). The first kappa shape index (κ1) is 41.2. The normalized spacial score (nSPS) is 10.9. The first-order valence-electron chi connectivity index (χ1n) is 18.5. The summed E-state index contributed by atoms with van der Waals surface area (Å²) >= 11 is 0. The van der Waals surface area contributed by atoms with Crippen molar-refractivity contribution in [3.8, 4) is 33.4 Å². The van der Waals surface area contributed by atoms with Crippen LogP contribution in [0.3, 0.4) is 0 Å². The van der Waals surface area contributed by atoms with Crippen molar-refractivity contribution in [3.63, 3.8) is 0 Å². The lowest BCUT2D eigenvalue weighted by atomic mass is 9.33. The third kappa shape index (κ3) is 8.22. The molecule has 0 spiro atoms. The topological polar surface area (TPSA) is 183 Å². The van der Waals surface area contributed by atoms with Crippen LogP contribution >= 0.6 is 0 Å². The van der Waals surface area contributed by atoms with Gasteiger partial charge >= 0.3 is 23.9 Å². The van der Waals surface area contributed by atoms with Gasteiger partial charge in [0.1, 0.15) is 12.6 Å². The zero-order valence-electron chi connectivity index (χ0n) is 33.1. The fraction of sp³-hybridized carbons (Fsp3) is 0.125. The van der Waals surface area contributed by atoms with E-state index in [1.807, 2.05) is 77.9 Å². The van der Waals surface area contributed by atoms with Crippen molar-refractivity contribution in [1.82, 2.24) is 0 Å². The Morgan fingerprint density at radius 2 is 0.576 bits per heavy atom. The van der Waals surface area contributed by atoms with Gasteiger partial charge in [0.05, 0.1) is 22.3 Å². The molecule has 294 valence electrons. The Bertz CT molecular complexity index is 2570. The van der Waals surface area contributed by atoms with E-state index in [4.69, 9.17) is 0 Å². The second-order valence-electron chi connectivity index (χ2n) is 14.9. The average molecular weight is 787 g/mol. The van der Waals surface area contributed by atoms with Crippen molar-refractivity contribution in [1.29, 1.82) is 0 Å². The van der Waals surface area contributed by atoms with E-state index in [-0.39, 0.29) is 33.4 Å². The number of carbonyl (C=O) groups excluding carboxylic acids is 2. The number of carbonyl (C=O) groups is 6. The van der Waals surface area contributed by atoms with E-state index < -0.39 is 30.6 Å². The van der Waals surface area contributed by atoms with Gasteiger partial charge in [-0.15, -0.1) is 0 Å². The molecule has 0 heterocycles. The van der Waals surface area contributed by atoms with Crippen LogP contribution in [0.2, 0.25) is 0 Å². The Balaban J connectivity index is 1.62. The van der Waals surface area contributed by atoms with Gasteiger partial charge in [0.15, 0.2) is 0 Å². The minimum absolute atomic E-state index is 0.0157.